The SMILES string of the molecule is Cc1ccc(S(=O)(=O)NC(Cc2ccc(N)cc2)C(=O)O)cc1. The number of carboxylic acid groups (broad SMARTS) is 1. The van der Waals surface area contributed by atoms with Gasteiger partial charge in [0.05, 0.1) is 4.90 Å². The first-order chi connectivity index (χ1) is 10.8. The standard InChI is InChI=1S/C16H18N2O4S/c1-11-2-8-14(9-3-11)23(21,22)18-15(16(19)20)10-12-4-6-13(17)7-5-12/h2-9,15,18H,10,17H2,1H3,(H,19,20). The minimum absolute atomic E-state index is 0.0285. The van der Waals surface area contributed by atoms with Crippen molar-refractivity contribution in [2.75, 3.05) is 5.73 Å². The van der Waals surface area contributed by atoms with Gasteiger partial charge >= 0.3 is 5.97 Å². The summed E-state index contributed by atoms with van der Waals surface area (Å²) in [6, 6.07) is 11.6. The zero-order chi connectivity index (χ0) is 17.0. The summed E-state index contributed by atoms with van der Waals surface area (Å²) in [6.45, 7) is 1.84. The van der Waals surface area contributed by atoms with Crippen LogP contribution in [0.3, 0.4) is 0 Å². The van der Waals surface area contributed by atoms with Gasteiger partial charge in [0.25, 0.3) is 0 Å². The molecule has 0 aliphatic rings. The van der Waals surface area contributed by atoms with Gasteiger partial charge in [-0.3, -0.25) is 4.79 Å². The summed E-state index contributed by atoms with van der Waals surface area (Å²) in [5, 5.41) is 9.29. The summed E-state index contributed by atoms with van der Waals surface area (Å²) in [5.41, 5.74) is 7.73. The number of rotatable bonds is 6. The van der Waals surface area contributed by atoms with Crippen LogP contribution >= 0.6 is 0 Å². The Kier molecular flexibility index (Phi) is 5.02. The molecule has 0 radical (unpaired) electrons. The van der Waals surface area contributed by atoms with Crippen LogP contribution in [-0.4, -0.2) is 25.5 Å². The molecular formula is C16H18N2O4S. The molecule has 0 aliphatic carbocycles. The molecule has 2 aromatic rings. The summed E-state index contributed by atoms with van der Waals surface area (Å²) >= 11 is 0. The van der Waals surface area contributed by atoms with Gasteiger partial charge in [0.15, 0.2) is 0 Å². The van der Waals surface area contributed by atoms with E-state index < -0.39 is 22.0 Å². The van der Waals surface area contributed by atoms with Crippen molar-refractivity contribution in [3.63, 3.8) is 0 Å². The number of nitrogen functional groups attached to an aromatic ring is 1. The molecule has 6 nitrogen and oxygen atoms in total. The maximum absolute atomic E-state index is 12.3. The molecule has 0 heterocycles. The topological polar surface area (TPSA) is 109 Å². The van der Waals surface area contributed by atoms with Gasteiger partial charge in [-0.1, -0.05) is 29.8 Å². The number of hydrogen-bond donors (Lipinski definition) is 3. The van der Waals surface area contributed by atoms with Crippen molar-refractivity contribution >= 4 is 21.7 Å². The summed E-state index contributed by atoms with van der Waals surface area (Å²) in [5.74, 6) is -1.24. The summed E-state index contributed by atoms with van der Waals surface area (Å²) in [7, 11) is -3.91. The highest BCUT2D eigenvalue weighted by Gasteiger charge is 2.25. The lowest BCUT2D eigenvalue weighted by atomic mass is 10.1. The first-order valence-corrected chi connectivity index (χ1v) is 8.42. The second-order valence-corrected chi connectivity index (χ2v) is 6.98. The van der Waals surface area contributed by atoms with Gasteiger partial charge in [0, 0.05) is 5.69 Å². The molecule has 2 rings (SSSR count). The fourth-order valence-corrected chi connectivity index (χ4v) is 3.23. The Hall–Kier alpha value is -2.38. The van der Waals surface area contributed by atoms with E-state index in [-0.39, 0.29) is 11.3 Å². The van der Waals surface area contributed by atoms with E-state index in [0.717, 1.165) is 5.56 Å². The van der Waals surface area contributed by atoms with Gasteiger partial charge in [-0.25, -0.2) is 8.42 Å². The Morgan fingerprint density at radius 1 is 1.13 bits per heavy atom. The zero-order valence-corrected chi connectivity index (χ0v) is 13.4. The number of aryl methyl sites for hydroxylation is 1. The Balaban J connectivity index is 2.20. The zero-order valence-electron chi connectivity index (χ0n) is 12.6. The number of aliphatic carboxylic acids is 1. The number of anilines is 1. The predicted octanol–water partition coefficient (Wildman–Crippen LogP) is 1.55. The second kappa shape index (κ2) is 6.80. The van der Waals surface area contributed by atoms with Crippen LogP contribution in [0.4, 0.5) is 5.69 Å². The van der Waals surface area contributed by atoms with Crippen LogP contribution in [0.2, 0.25) is 0 Å². The molecule has 0 fully saturated rings. The number of hydrogen-bond acceptors (Lipinski definition) is 4. The Morgan fingerprint density at radius 3 is 2.22 bits per heavy atom. The summed E-state index contributed by atoms with van der Waals surface area (Å²) in [6.07, 6.45) is 0.0285. The van der Waals surface area contributed by atoms with E-state index in [1.54, 1.807) is 36.4 Å². The van der Waals surface area contributed by atoms with Crippen molar-refractivity contribution in [2.24, 2.45) is 0 Å². The van der Waals surface area contributed by atoms with Crippen molar-refractivity contribution in [3.8, 4) is 0 Å². The van der Waals surface area contributed by atoms with Crippen LogP contribution in [0.1, 0.15) is 11.1 Å². The van der Waals surface area contributed by atoms with Crippen LogP contribution in [0.5, 0.6) is 0 Å². The van der Waals surface area contributed by atoms with Crippen molar-refractivity contribution in [1.82, 2.24) is 4.72 Å². The van der Waals surface area contributed by atoms with Gasteiger partial charge in [0.2, 0.25) is 10.0 Å². The van der Waals surface area contributed by atoms with Gasteiger partial charge in [-0.2, -0.15) is 4.72 Å². The van der Waals surface area contributed by atoms with E-state index in [1.807, 2.05) is 6.92 Å². The van der Waals surface area contributed by atoms with Gasteiger partial charge < -0.3 is 10.8 Å². The molecule has 0 aliphatic heterocycles. The first kappa shape index (κ1) is 17.0. The number of nitrogens with one attached hydrogen (secondary N) is 1. The lowest BCUT2D eigenvalue weighted by molar-refractivity contribution is -0.138. The molecular weight excluding hydrogens is 316 g/mol. The molecule has 122 valence electrons. The first-order valence-electron chi connectivity index (χ1n) is 6.94. The van der Waals surface area contributed by atoms with Crippen LogP contribution in [0.15, 0.2) is 53.4 Å². The molecule has 7 heteroatoms. The molecule has 0 spiro atoms. The fraction of sp³-hybridized carbons (Fsp3) is 0.188. The fourth-order valence-electron chi connectivity index (χ4n) is 2.04. The predicted molar refractivity (Wildman–Crippen MR) is 87.5 cm³/mol. The molecule has 0 aromatic heterocycles. The van der Waals surface area contributed by atoms with Crippen LogP contribution in [-0.2, 0) is 21.2 Å². The second-order valence-electron chi connectivity index (χ2n) is 5.27. The van der Waals surface area contributed by atoms with Crippen molar-refractivity contribution in [3.05, 3.63) is 59.7 Å². The largest absolute Gasteiger partial charge is 0.480 e. The molecule has 0 saturated carbocycles. The van der Waals surface area contributed by atoms with Crippen LogP contribution in [0.25, 0.3) is 0 Å². The molecule has 2 aromatic carbocycles. The number of carboxylic acids is 1. The lowest BCUT2D eigenvalue weighted by Crippen LogP contribution is -2.42. The van der Waals surface area contributed by atoms with Crippen molar-refractivity contribution < 1.29 is 18.3 Å². The van der Waals surface area contributed by atoms with E-state index in [9.17, 15) is 18.3 Å². The van der Waals surface area contributed by atoms with Crippen molar-refractivity contribution in [2.45, 2.75) is 24.3 Å². The highest BCUT2D eigenvalue weighted by atomic mass is 32.2. The van der Waals surface area contributed by atoms with E-state index in [0.29, 0.717) is 11.3 Å². The molecule has 4 N–H and O–H groups in total. The third-order valence-electron chi connectivity index (χ3n) is 3.35. The number of sulfonamides is 1. The van der Waals surface area contributed by atoms with Crippen LogP contribution < -0.4 is 10.5 Å². The van der Waals surface area contributed by atoms with Crippen molar-refractivity contribution in [1.29, 1.82) is 0 Å². The monoisotopic (exact) mass is 334 g/mol. The molecule has 0 amide bonds. The smallest absolute Gasteiger partial charge is 0.322 e. The molecule has 0 saturated heterocycles. The van der Waals surface area contributed by atoms with Gasteiger partial charge in [-0.05, 0) is 43.2 Å². The van der Waals surface area contributed by atoms with E-state index in [4.69, 9.17) is 5.73 Å². The number of nitrogens with two attached hydrogens (primary N) is 1. The van der Waals surface area contributed by atoms with E-state index in [2.05, 4.69) is 4.72 Å². The van der Waals surface area contributed by atoms with E-state index >= 15 is 0 Å². The van der Waals surface area contributed by atoms with Gasteiger partial charge in [-0.15, -0.1) is 0 Å². The van der Waals surface area contributed by atoms with Crippen LogP contribution in [0, 0.1) is 6.92 Å². The summed E-state index contributed by atoms with van der Waals surface area (Å²) < 4.78 is 26.8. The summed E-state index contributed by atoms with van der Waals surface area (Å²) in [4.78, 5) is 11.4. The Bertz CT molecular complexity index is 784. The molecule has 0 bridgehead atoms. The normalized spacial score (nSPS) is 12.7. The Morgan fingerprint density at radius 2 is 1.70 bits per heavy atom. The quantitative estimate of drug-likeness (QED) is 0.694. The minimum atomic E-state index is -3.91. The maximum atomic E-state index is 12.3. The molecule has 23 heavy (non-hydrogen) atoms. The average molecular weight is 334 g/mol. The number of benzene rings is 2. The average Bonchev–Trinajstić information content (AvgIpc) is 2.49. The van der Waals surface area contributed by atoms with Gasteiger partial charge in [0.1, 0.15) is 6.04 Å². The molecule has 1 atom stereocenters. The highest BCUT2D eigenvalue weighted by Crippen LogP contribution is 2.13. The highest BCUT2D eigenvalue weighted by molar-refractivity contribution is 7.89. The third-order valence-corrected chi connectivity index (χ3v) is 4.83. The van der Waals surface area contributed by atoms with E-state index in [1.165, 1.54) is 12.1 Å². The maximum Gasteiger partial charge on any atom is 0.322 e. The minimum Gasteiger partial charge on any atom is -0.480 e. The number of carbonyl (C=O) groups is 1. The molecule has 1 unspecified atom stereocenters. The Labute approximate surface area is 135 Å². The third kappa shape index (κ3) is 4.54. The lowest BCUT2D eigenvalue weighted by Gasteiger charge is -2.15.